The van der Waals surface area contributed by atoms with E-state index in [2.05, 4.69) is 39.8 Å². The van der Waals surface area contributed by atoms with Gasteiger partial charge in [-0.2, -0.15) is 0 Å². The van der Waals surface area contributed by atoms with Crippen molar-refractivity contribution in [2.45, 2.75) is 45.1 Å². The van der Waals surface area contributed by atoms with Crippen molar-refractivity contribution in [3.05, 3.63) is 75.4 Å². The SMILES string of the molecule is COc1cc2c(c(OC)c1OC)-c1ccc(NCCCN3CCCc4ccccc43)c(=O)cc1C(NC(C)=O)CC2. The van der Waals surface area contributed by atoms with Gasteiger partial charge in [0.15, 0.2) is 11.5 Å². The number of rotatable bonds is 9. The maximum Gasteiger partial charge on any atom is 0.217 e. The smallest absolute Gasteiger partial charge is 0.217 e. The molecule has 8 nitrogen and oxygen atoms in total. The number of nitrogens with one attached hydrogen (secondary N) is 2. The molecule has 0 saturated heterocycles. The first-order valence-electron chi connectivity index (χ1n) is 14.3. The predicted molar refractivity (Wildman–Crippen MR) is 163 cm³/mol. The molecule has 0 bridgehead atoms. The normalized spacial score (nSPS) is 15.5. The summed E-state index contributed by atoms with van der Waals surface area (Å²) in [5.41, 5.74) is 6.57. The molecule has 41 heavy (non-hydrogen) atoms. The number of para-hydroxylation sites is 1. The zero-order valence-electron chi connectivity index (χ0n) is 24.3. The molecule has 0 saturated carbocycles. The average molecular weight is 558 g/mol. The number of anilines is 2. The highest BCUT2D eigenvalue weighted by Crippen LogP contribution is 2.50. The van der Waals surface area contributed by atoms with Crippen LogP contribution < -0.4 is 35.2 Å². The lowest BCUT2D eigenvalue weighted by Gasteiger charge is -2.31. The summed E-state index contributed by atoms with van der Waals surface area (Å²) in [6, 6.07) is 15.7. The minimum Gasteiger partial charge on any atom is -0.493 e. The summed E-state index contributed by atoms with van der Waals surface area (Å²) in [5.74, 6) is 1.46. The second-order valence-electron chi connectivity index (χ2n) is 10.6. The summed E-state index contributed by atoms with van der Waals surface area (Å²) in [4.78, 5) is 28.1. The zero-order chi connectivity index (χ0) is 28.9. The molecule has 2 aliphatic rings. The van der Waals surface area contributed by atoms with Crippen molar-refractivity contribution in [1.29, 1.82) is 0 Å². The number of amides is 1. The number of carbonyl (C=O) groups excluding carboxylic acids is 1. The Hall–Kier alpha value is -4.20. The molecule has 5 rings (SSSR count). The molecule has 1 aliphatic carbocycles. The van der Waals surface area contributed by atoms with Gasteiger partial charge in [-0.25, -0.2) is 0 Å². The molecule has 0 radical (unpaired) electrons. The highest BCUT2D eigenvalue weighted by molar-refractivity contribution is 5.83. The van der Waals surface area contributed by atoms with Gasteiger partial charge in [-0.15, -0.1) is 0 Å². The molecule has 2 N–H and O–H groups in total. The summed E-state index contributed by atoms with van der Waals surface area (Å²) in [7, 11) is 4.78. The van der Waals surface area contributed by atoms with Crippen LogP contribution in [0.3, 0.4) is 0 Å². The number of methoxy groups -OCH3 is 3. The first-order valence-corrected chi connectivity index (χ1v) is 14.3. The Balaban J connectivity index is 1.46. The Labute approximate surface area is 241 Å². The van der Waals surface area contributed by atoms with Gasteiger partial charge < -0.3 is 29.7 Å². The number of ether oxygens (including phenoxy) is 3. The molecule has 1 unspecified atom stereocenters. The van der Waals surface area contributed by atoms with Crippen LogP contribution in [0.2, 0.25) is 0 Å². The minimum absolute atomic E-state index is 0.118. The van der Waals surface area contributed by atoms with Gasteiger partial charge in [0.25, 0.3) is 0 Å². The molecule has 1 amide bonds. The summed E-state index contributed by atoms with van der Waals surface area (Å²) >= 11 is 0. The Bertz CT molecular complexity index is 1490. The lowest BCUT2D eigenvalue weighted by Crippen LogP contribution is -2.31. The lowest BCUT2D eigenvalue weighted by atomic mass is 9.95. The number of benzene rings is 2. The van der Waals surface area contributed by atoms with Crippen molar-refractivity contribution in [1.82, 2.24) is 5.32 Å². The number of hydrogen-bond donors (Lipinski definition) is 2. The van der Waals surface area contributed by atoms with Crippen LogP contribution in [0.15, 0.2) is 53.3 Å². The molecule has 8 heteroatoms. The van der Waals surface area contributed by atoms with Crippen LogP contribution in [0.4, 0.5) is 11.4 Å². The third-order valence-corrected chi connectivity index (χ3v) is 8.04. The van der Waals surface area contributed by atoms with Gasteiger partial charge in [0, 0.05) is 37.8 Å². The van der Waals surface area contributed by atoms with E-state index >= 15 is 0 Å². The molecule has 0 aromatic heterocycles. The van der Waals surface area contributed by atoms with Gasteiger partial charge in [0.1, 0.15) is 0 Å². The molecular formula is C33H39N3O5. The number of aryl methyl sites for hydroxylation is 2. The Kier molecular flexibility index (Phi) is 8.67. The second-order valence-corrected chi connectivity index (χ2v) is 10.6. The van der Waals surface area contributed by atoms with E-state index in [4.69, 9.17) is 14.2 Å². The van der Waals surface area contributed by atoms with Gasteiger partial charge in [0.05, 0.1) is 33.1 Å². The van der Waals surface area contributed by atoms with Gasteiger partial charge in [-0.3, -0.25) is 9.59 Å². The molecule has 216 valence electrons. The molecule has 3 aromatic carbocycles. The largest absolute Gasteiger partial charge is 0.493 e. The maximum absolute atomic E-state index is 13.5. The van der Waals surface area contributed by atoms with Crippen molar-refractivity contribution in [2.75, 3.05) is 51.2 Å². The fraction of sp³-hybridized carbons (Fsp3) is 0.394. The summed E-state index contributed by atoms with van der Waals surface area (Å²) < 4.78 is 17.2. The van der Waals surface area contributed by atoms with Crippen LogP contribution in [0.1, 0.15) is 48.9 Å². The van der Waals surface area contributed by atoms with Crippen LogP contribution in [0.25, 0.3) is 11.1 Å². The van der Waals surface area contributed by atoms with Gasteiger partial charge >= 0.3 is 0 Å². The summed E-state index contributed by atoms with van der Waals surface area (Å²) in [6.45, 7) is 4.14. The van der Waals surface area contributed by atoms with E-state index in [-0.39, 0.29) is 17.4 Å². The van der Waals surface area contributed by atoms with Crippen LogP contribution in [-0.4, -0.2) is 46.9 Å². The van der Waals surface area contributed by atoms with E-state index in [1.165, 1.54) is 18.2 Å². The van der Waals surface area contributed by atoms with Crippen molar-refractivity contribution in [3.8, 4) is 28.4 Å². The highest BCUT2D eigenvalue weighted by atomic mass is 16.5. The third-order valence-electron chi connectivity index (χ3n) is 8.04. The fourth-order valence-electron chi connectivity index (χ4n) is 6.19. The molecule has 1 atom stereocenters. The molecule has 0 fully saturated rings. The van der Waals surface area contributed by atoms with E-state index in [0.717, 1.165) is 54.6 Å². The Morgan fingerprint density at radius 2 is 1.78 bits per heavy atom. The van der Waals surface area contributed by atoms with Crippen molar-refractivity contribution >= 4 is 17.3 Å². The molecular weight excluding hydrogens is 518 g/mol. The zero-order valence-corrected chi connectivity index (χ0v) is 24.3. The first-order chi connectivity index (χ1) is 19.9. The van der Waals surface area contributed by atoms with Crippen LogP contribution in [-0.2, 0) is 17.6 Å². The molecule has 1 heterocycles. The monoisotopic (exact) mass is 557 g/mol. The number of fused-ring (bicyclic) bond motifs is 4. The lowest BCUT2D eigenvalue weighted by molar-refractivity contribution is -0.119. The van der Waals surface area contributed by atoms with Crippen molar-refractivity contribution < 1.29 is 19.0 Å². The Morgan fingerprint density at radius 1 is 0.976 bits per heavy atom. The van der Waals surface area contributed by atoms with E-state index in [1.807, 2.05) is 18.2 Å². The second kappa shape index (κ2) is 12.5. The summed E-state index contributed by atoms with van der Waals surface area (Å²) in [5, 5.41) is 6.44. The number of nitrogens with zero attached hydrogens (tertiary/aromatic N) is 1. The standard InChI is InChI=1S/C33H39N3O5/c1-21(37)35-26-14-12-23-19-30(39-2)32(40-3)33(41-4)31(23)24-13-15-27(29(38)20-25(24)26)34-16-8-18-36-17-7-10-22-9-5-6-11-28(22)36/h5-6,9,11,13,15,19-20,26H,7-8,10,12,14,16-18H2,1-4H3,(H,34,38)(H,35,37). The highest BCUT2D eigenvalue weighted by Gasteiger charge is 2.29. The first kappa shape index (κ1) is 28.3. The van der Waals surface area contributed by atoms with Crippen LogP contribution >= 0.6 is 0 Å². The third kappa shape index (κ3) is 5.82. The van der Waals surface area contributed by atoms with Crippen molar-refractivity contribution in [2.24, 2.45) is 0 Å². The fourth-order valence-corrected chi connectivity index (χ4v) is 6.19. The van der Waals surface area contributed by atoms with E-state index in [9.17, 15) is 9.59 Å². The minimum atomic E-state index is -0.330. The molecule has 0 spiro atoms. The average Bonchev–Trinajstić information content (AvgIpc) is 3.22. The number of carbonyl (C=O) groups is 1. The van der Waals surface area contributed by atoms with E-state index < -0.39 is 0 Å². The van der Waals surface area contributed by atoms with Crippen LogP contribution in [0, 0.1) is 0 Å². The summed E-state index contributed by atoms with van der Waals surface area (Å²) in [6.07, 6.45) is 4.47. The Morgan fingerprint density at radius 3 is 2.54 bits per heavy atom. The topological polar surface area (TPSA) is 89.1 Å². The quantitative estimate of drug-likeness (QED) is 0.353. The van der Waals surface area contributed by atoms with Gasteiger partial charge in [0.2, 0.25) is 17.1 Å². The van der Waals surface area contributed by atoms with Gasteiger partial charge in [-0.1, -0.05) is 24.3 Å². The van der Waals surface area contributed by atoms with E-state index in [1.54, 1.807) is 27.4 Å². The van der Waals surface area contributed by atoms with Gasteiger partial charge in [-0.05, 0) is 78.6 Å². The van der Waals surface area contributed by atoms with Crippen molar-refractivity contribution in [3.63, 3.8) is 0 Å². The number of hydrogen-bond acceptors (Lipinski definition) is 7. The molecule has 3 aromatic rings. The van der Waals surface area contributed by atoms with E-state index in [0.29, 0.717) is 42.3 Å². The molecule has 1 aliphatic heterocycles. The maximum atomic E-state index is 13.5. The van der Waals surface area contributed by atoms with Crippen LogP contribution in [0.5, 0.6) is 17.2 Å². The predicted octanol–water partition coefficient (Wildman–Crippen LogP) is 5.12.